The molecule has 0 atom stereocenters. The van der Waals surface area contributed by atoms with Gasteiger partial charge >= 0.3 is 0 Å². The average Bonchev–Trinajstić information content (AvgIpc) is 2.68. The lowest BCUT2D eigenvalue weighted by Gasteiger charge is -2.13. The molecule has 0 aliphatic rings. The van der Waals surface area contributed by atoms with Gasteiger partial charge in [0.05, 0.1) is 37.4 Å². The van der Waals surface area contributed by atoms with Crippen molar-refractivity contribution < 1.29 is 14.3 Å². The Morgan fingerprint density at radius 3 is 2.50 bits per heavy atom. The molecule has 26 heavy (non-hydrogen) atoms. The van der Waals surface area contributed by atoms with Gasteiger partial charge in [-0.2, -0.15) is 5.10 Å². The number of fused-ring (bicyclic) bond motifs is 1. The van der Waals surface area contributed by atoms with Crippen LogP contribution in [0.2, 0.25) is 0 Å². The highest BCUT2D eigenvalue weighted by Gasteiger charge is 2.17. The zero-order chi connectivity index (χ0) is 18.7. The zero-order valence-corrected chi connectivity index (χ0v) is 14.8. The van der Waals surface area contributed by atoms with Crippen LogP contribution in [-0.2, 0) is 13.6 Å². The highest BCUT2D eigenvalue weighted by atomic mass is 16.5. The standard InChI is InChI=1S/C19H19N3O4/c1-22-19(24)13-8-5-4-7-12(13)15(21-22)11-20-18(23)14-9-6-10-16(25-2)17(14)26-3/h4-10H,11H2,1-3H3,(H,20,23). The summed E-state index contributed by atoms with van der Waals surface area (Å²) in [6, 6.07) is 12.3. The quantitative estimate of drug-likeness (QED) is 0.757. The first kappa shape index (κ1) is 17.5. The molecule has 0 saturated heterocycles. The molecule has 0 radical (unpaired) electrons. The molecular weight excluding hydrogens is 334 g/mol. The highest BCUT2D eigenvalue weighted by molar-refractivity contribution is 5.98. The lowest BCUT2D eigenvalue weighted by atomic mass is 10.1. The average molecular weight is 353 g/mol. The molecule has 7 nitrogen and oxygen atoms in total. The molecular formula is C19H19N3O4. The predicted octanol–water partition coefficient (Wildman–Crippen LogP) is 1.88. The maximum absolute atomic E-state index is 12.6. The monoisotopic (exact) mass is 353 g/mol. The largest absolute Gasteiger partial charge is 0.493 e. The van der Waals surface area contributed by atoms with Gasteiger partial charge in [-0.25, -0.2) is 4.68 Å². The molecule has 0 bridgehead atoms. The van der Waals surface area contributed by atoms with E-state index in [2.05, 4.69) is 10.4 Å². The first-order valence-electron chi connectivity index (χ1n) is 8.01. The Morgan fingerprint density at radius 2 is 1.81 bits per heavy atom. The summed E-state index contributed by atoms with van der Waals surface area (Å²) < 4.78 is 11.8. The van der Waals surface area contributed by atoms with E-state index in [0.717, 1.165) is 0 Å². The number of amides is 1. The number of hydrogen-bond acceptors (Lipinski definition) is 5. The smallest absolute Gasteiger partial charge is 0.274 e. The number of benzene rings is 2. The summed E-state index contributed by atoms with van der Waals surface area (Å²) in [7, 11) is 4.59. The fraction of sp³-hybridized carbons (Fsp3) is 0.211. The van der Waals surface area contributed by atoms with Gasteiger partial charge in [-0.05, 0) is 18.2 Å². The van der Waals surface area contributed by atoms with Crippen LogP contribution in [0.1, 0.15) is 16.1 Å². The van der Waals surface area contributed by atoms with Gasteiger partial charge in [0, 0.05) is 12.4 Å². The van der Waals surface area contributed by atoms with Gasteiger partial charge in [0.1, 0.15) is 0 Å². The lowest BCUT2D eigenvalue weighted by molar-refractivity contribution is 0.0946. The Bertz CT molecular complexity index is 1030. The second-order valence-corrected chi connectivity index (χ2v) is 5.64. The molecule has 0 saturated carbocycles. The van der Waals surface area contributed by atoms with Crippen molar-refractivity contribution in [1.82, 2.24) is 15.1 Å². The minimum absolute atomic E-state index is 0.174. The molecule has 3 rings (SSSR count). The lowest BCUT2D eigenvalue weighted by Crippen LogP contribution is -2.27. The first-order valence-corrected chi connectivity index (χ1v) is 8.01. The number of aromatic nitrogens is 2. The van der Waals surface area contributed by atoms with E-state index in [0.29, 0.717) is 33.5 Å². The van der Waals surface area contributed by atoms with Crippen LogP contribution in [-0.4, -0.2) is 29.9 Å². The van der Waals surface area contributed by atoms with E-state index in [1.165, 1.54) is 18.9 Å². The van der Waals surface area contributed by atoms with Crippen LogP contribution in [0, 0.1) is 0 Å². The fourth-order valence-electron chi connectivity index (χ4n) is 2.83. The number of ether oxygens (including phenoxy) is 2. The highest BCUT2D eigenvalue weighted by Crippen LogP contribution is 2.30. The van der Waals surface area contributed by atoms with Crippen molar-refractivity contribution >= 4 is 16.7 Å². The second kappa shape index (κ2) is 7.26. The van der Waals surface area contributed by atoms with E-state index < -0.39 is 0 Å². The van der Waals surface area contributed by atoms with Crippen molar-refractivity contribution in [3.8, 4) is 11.5 Å². The summed E-state index contributed by atoms with van der Waals surface area (Å²) in [5.41, 5.74) is 0.795. The number of carbonyl (C=O) groups is 1. The second-order valence-electron chi connectivity index (χ2n) is 5.64. The minimum atomic E-state index is -0.319. The molecule has 1 N–H and O–H groups in total. The van der Waals surface area contributed by atoms with Crippen LogP contribution in [0.5, 0.6) is 11.5 Å². The molecule has 0 fully saturated rings. The Balaban J connectivity index is 1.91. The fourth-order valence-corrected chi connectivity index (χ4v) is 2.83. The molecule has 1 amide bonds. The maximum Gasteiger partial charge on any atom is 0.274 e. The van der Waals surface area contributed by atoms with Gasteiger partial charge < -0.3 is 14.8 Å². The topological polar surface area (TPSA) is 82.5 Å². The van der Waals surface area contributed by atoms with Crippen molar-refractivity contribution in [2.45, 2.75) is 6.54 Å². The Kier molecular flexibility index (Phi) is 4.88. The van der Waals surface area contributed by atoms with Crippen molar-refractivity contribution in [3.63, 3.8) is 0 Å². The molecule has 7 heteroatoms. The normalized spacial score (nSPS) is 10.6. The van der Waals surface area contributed by atoms with Crippen molar-refractivity contribution in [1.29, 1.82) is 0 Å². The minimum Gasteiger partial charge on any atom is -0.493 e. The Labute approximate surface area is 150 Å². The van der Waals surface area contributed by atoms with Gasteiger partial charge in [0.25, 0.3) is 11.5 Å². The third kappa shape index (κ3) is 3.11. The van der Waals surface area contributed by atoms with Crippen LogP contribution < -0.4 is 20.3 Å². The van der Waals surface area contributed by atoms with Crippen LogP contribution in [0.3, 0.4) is 0 Å². The third-order valence-electron chi connectivity index (χ3n) is 4.10. The Hall–Kier alpha value is -3.35. The van der Waals surface area contributed by atoms with Gasteiger partial charge in [0.2, 0.25) is 0 Å². The predicted molar refractivity (Wildman–Crippen MR) is 97.7 cm³/mol. The summed E-state index contributed by atoms with van der Waals surface area (Å²) in [6.45, 7) is 0.174. The van der Waals surface area contributed by atoms with Crippen molar-refractivity contribution in [2.75, 3.05) is 14.2 Å². The molecule has 1 heterocycles. The van der Waals surface area contributed by atoms with Gasteiger partial charge in [-0.15, -0.1) is 0 Å². The number of aryl methyl sites for hydroxylation is 1. The van der Waals surface area contributed by atoms with Crippen LogP contribution >= 0.6 is 0 Å². The summed E-state index contributed by atoms with van der Waals surface area (Å²) in [5.74, 6) is 0.525. The summed E-state index contributed by atoms with van der Waals surface area (Å²) in [4.78, 5) is 24.8. The van der Waals surface area contributed by atoms with E-state index in [4.69, 9.17) is 9.47 Å². The van der Waals surface area contributed by atoms with Gasteiger partial charge in [-0.3, -0.25) is 9.59 Å². The summed E-state index contributed by atoms with van der Waals surface area (Å²) in [5, 5.41) is 8.38. The van der Waals surface area contributed by atoms with E-state index in [-0.39, 0.29) is 18.0 Å². The van der Waals surface area contributed by atoms with E-state index >= 15 is 0 Å². The summed E-state index contributed by atoms with van der Waals surface area (Å²) >= 11 is 0. The molecule has 3 aromatic rings. The van der Waals surface area contributed by atoms with E-state index in [1.54, 1.807) is 37.4 Å². The molecule has 0 spiro atoms. The molecule has 2 aromatic carbocycles. The number of nitrogens with zero attached hydrogens (tertiary/aromatic N) is 2. The Morgan fingerprint density at radius 1 is 1.08 bits per heavy atom. The SMILES string of the molecule is COc1cccc(C(=O)NCc2nn(C)c(=O)c3ccccc23)c1OC. The van der Waals surface area contributed by atoms with E-state index in [1.807, 2.05) is 12.1 Å². The number of nitrogens with one attached hydrogen (secondary N) is 1. The molecule has 0 aliphatic carbocycles. The van der Waals surface area contributed by atoms with Crippen molar-refractivity contribution in [3.05, 3.63) is 64.1 Å². The number of carbonyl (C=O) groups excluding carboxylic acids is 1. The van der Waals surface area contributed by atoms with E-state index in [9.17, 15) is 9.59 Å². The number of hydrogen-bond donors (Lipinski definition) is 1. The number of rotatable bonds is 5. The van der Waals surface area contributed by atoms with Gasteiger partial charge in [0.15, 0.2) is 11.5 Å². The summed E-state index contributed by atoms with van der Waals surface area (Å²) in [6.07, 6.45) is 0. The molecule has 0 aliphatic heterocycles. The van der Waals surface area contributed by atoms with Crippen LogP contribution in [0.25, 0.3) is 10.8 Å². The maximum atomic E-state index is 12.6. The number of methoxy groups -OCH3 is 2. The third-order valence-corrected chi connectivity index (χ3v) is 4.10. The first-order chi connectivity index (χ1) is 12.6. The van der Waals surface area contributed by atoms with Crippen LogP contribution in [0.4, 0.5) is 0 Å². The molecule has 134 valence electrons. The van der Waals surface area contributed by atoms with Crippen LogP contribution in [0.15, 0.2) is 47.3 Å². The number of para-hydroxylation sites is 1. The molecule has 1 aromatic heterocycles. The zero-order valence-electron chi connectivity index (χ0n) is 14.8. The molecule has 0 unspecified atom stereocenters. The van der Waals surface area contributed by atoms with Crippen molar-refractivity contribution in [2.24, 2.45) is 7.05 Å². The van der Waals surface area contributed by atoms with Gasteiger partial charge in [-0.1, -0.05) is 24.3 Å².